The Morgan fingerprint density at radius 1 is 1.29 bits per heavy atom. The second kappa shape index (κ2) is 5.37. The second-order valence-corrected chi connectivity index (χ2v) is 5.56. The zero-order chi connectivity index (χ0) is 15.0. The van der Waals surface area contributed by atoms with Crippen LogP contribution in [0.15, 0.2) is 42.5 Å². The number of phenols is 1. The lowest BCUT2D eigenvalue weighted by Gasteiger charge is -2.08. The Balaban J connectivity index is 1.71. The van der Waals surface area contributed by atoms with Gasteiger partial charge in [-0.1, -0.05) is 29.8 Å². The largest absolute Gasteiger partial charge is 0.506 e. The summed E-state index contributed by atoms with van der Waals surface area (Å²) in [5, 5.41) is 12.7. The molecule has 3 rings (SSSR count). The first-order valence-electron chi connectivity index (χ1n) is 6.60. The van der Waals surface area contributed by atoms with Crippen molar-refractivity contribution in [3.63, 3.8) is 0 Å². The van der Waals surface area contributed by atoms with Crippen molar-refractivity contribution in [3.8, 4) is 5.75 Å². The summed E-state index contributed by atoms with van der Waals surface area (Å²) in [5.41, 5.74) is 0.833. The fraction of sp³-hybridized carbons (Fsp3) is 0.188. The van der Waals surface area contributed by atoms with Gasteiger partial charge in [0.15, 0.2) is 0 Å². The smallest absolute Gasteiger partial charge is 0.228 e. The minimum atomic E-state index is -0.289. The van der Waals surface area contributed by atoms with Gasteiger partial charge in [-0.05, 0) is 42.2 Å². The van der Waals surface area contributed by atoms with Gasteiger partial charge in [0.1, 0.15) is 11.6 Å². The molecule has 5 heteroatoms. The van der Waals surface area contributed by atoms with E-state index in [2.05, 4.69) is 5.32 Å². The van der Waals surface area contributed by atoms with E-state index in [9.17, 15) is 14.3 Å². The maximum absolute atomic E-state index is 13.7. The number of aromatic hydroxyl groups is 1. The van der Waals surface area contributed by atoms with Crippen LogP contribution in [0.25, 0.3) is 0 Å². The van der Waals surface area contributed by atoms with Crippen LogP contribution in [0.1, 0.15) is 17.9 Å². The molecule has 0 aromatic heterocycles. The first-order valence-corrected chi connectivity index (χ1v) is 6.98. The van der Waals surface area contributed by atoms with Gasteiger partial charge in [0.05, 0.1) is 5.69 Å². The number of phenolic OH excluding ortho intramolecular Hbond substituents is 1. The van der Waals surface area contributed by atoms with Crippen molar-refractivity contribution in [3.05, 3.63) is 58.9 Å². The molecular formula is C16H13ClFNO2. The fourth-order valence-electron chi connectivity index (χ4n) is 2.44. The number of halogens is 2. The third-order valence-corrected chi connectivity index (χ3v) is 3.88. The molecule has 1 aliphatic rings. The third-order valence-electron chi connectivity index (χ3n) is 3.65. The van der Waals surface area contributed by atoms with Gasteiger partial charge in [-0.25, -0.2) is 4.39 Å². The highest BCUT2D eigenvalue weighted by molar-refractivity contribution is 6.31. The Labute approximate surface area is 126 Å². The van der Waals surface area contributed by atoms with E-state index >= 15 is 0 Å². The number of hydrogen-bond donors (Lipinski definition) is 2. The molecule has 0 aliphatic heterocycles. The second-order valence-electron chi connectivity index (χ2n) is 5.12. The highest BCUT2D eigenvalue weighted by atomic mass is 35.5. The van der Waals surface area contributed by atoms with Crippen molar-refractivity contribution in [1.29, 1.82) is 0 Å². The van der Waals surface area contributed by atoms with Crippen LogP contribution in [0.3, 0.4) is 0 Å². The minimum absolute atomic E-state index is 0.0455. The van der Waals surface area contributed by atoms with Crippen LogP contribution in [-0.4, -0.2) is 11.0 Å². The van der Waals surface area contributed by atoms with Crippen molar-refractivity contribution in [2.45, 2.75) is 12.3 Å². The summed E-state index contributed by atoms with van der Waals surface area (Å²) < 4.78 is 13.7. The Morgan fingerprint density at radius 2 is 2.05 bits per heavy atom. The van der Waals surface area contributed by atoms with E-state index in [4.69, 9.17) is 11.6 Å². The predicted octanol–water partition coefficient (Wildman–Crippen LogP) is 3.93. The molecule has 108 valence electrons. The van der Waals surface area contributed by atoms with Gasteiger partial charge in [0, 0.05) is 10.9 Å². The average molecular weight is 306 g/mol. The molecule has 0 spiro atoms. The van der Waals surface area contributed by atoms with Gasteiger partial charge in [0.25, 0.3) is 0 Å². The SMILES string of the molecule is O=C(Nc1cc(Cl)ccc1O)C1CC1c1ccccc1F. The van der Waals surface area contributed by atoms with Crippen molar-refractivity contribution in [1.82, 2.24) is 0 Å². The van der Waals surface area contributed by atoms with Crippen molar-refractivity contribution < 1.29 is 14.3 Å². The topological polar surface area (TPSA) is 49.3 Å². The van der Waals surface area contributed by atoms with E-state index in [1.54, 1.807) is 18.2 Å². The van der Waals surface area contributed by atoms with Gasteiger partial charge in [-0.15, -0.1) is 0 Å². The van der Waals surface area contributed by atoms with E-state index < -0.39 is 0 Å². The van der Waals surface area contributed by atoms with Crippen LogP contribution in [0, 0.1) is 11.7 Å². The summed E-state index contributed by atoms with van der Waals surface area (Å²) in [6.07, 6.45) is 0.605. The standard InChI is InChI=1S/C16H13ClFNO2/c17-9-5-6-15(20)14(7-9)19-16(21)12-8-11(12)10-3-1-2-4-13(10)18/h1-7,11-12,20H,8H2,(H,19,21). The molecule has 1 saturated carbocycles. The van der Waals surface area contributed by atoms with Crippen LogP contribution >= 0.6 is 11.6 Å². The molecule has 1 fully saturated rings. The van der Waals surface area contributed by atoms with Crippen LogP contribution in [0.2, 0.25) is 5.02 Å². The molecule has 2 aromatic rings. The van der Waals surface area contributed by atoms with Crippen molar-refractivity contribution >= 4 is 23.2 Å². The van der Waals surface area contributed by atoms with E-state index in [0.29, 0.717) is 17.0 Å². The zero-order valence-corrected chi connectivity index (χ0v) is 11.8. The molecule has 2 atom stereocenters. The van der Waals surface area contributed by atoms with Gasteiger partial charge in [-0.3, -0.25) is 4.79 Å². The monoisotopic (exact) mass is 305 g/mol. The average Bonchev–Trinajstić information content (AvgIpc) is 3.24. The quantitative estimate of drug-likeness (QED) is 0.844. The summed E-state index contributed by atoms with van der Waals surface area (Å²) in [5.74, 6) is -0.951. The molecule has 0 saturated heterocycles. The van der Waals surface area contributed by atoms with Gasteiger partial charge in [0.2, 0.25) is 5.91 Å². The van der Waals surface area contributed by atoms with Gasteiger partial charge < -0.3 is 10.4 Å². The minimum Gasteiger partial charge on any atom is -0.506 e. The van der Waals surface area contributed by atoms with E-state index in [1.165, 1.54) is 24.3 Å². The summed E-state index contributed by atoms with van der Waals surface area (Å²) in [7, 11) is 0. The number of anilines is 1. The lowest BCUT2D eigenvalue weighted by atomic mass is 10.1. The van der Waals surface area contributed by atoms with E-state index in [1.807, 2.05) is 0 Å². The number of rotatable bonds is 3. The lowest BCUT2D eigenvalue weighted by Crippen LogP contribution is -2.14. The van der Waals surface area contributed by atoms with Crippen LogP contribution in [0.5, 0.6) is 5.75 Å². The van der Waals surface area contributed by atoms with Gasteiger partial charge >= 0.3 is 0 Å². The normalized spacial score (nSPS) is 20.1. The maximum atomic E-state index is 13.7. The Kier molecular flexibility index (Phi) is 3.55. The summed E-state index contributed by atoms with van der Waals surface area (Å²) in [6.45, 7) is 0. The number of carbonyl (C=O) groups is 1. The highest BCUT2D eigenvalue weighted by Gasteiger charge is 2.45. The fourth-order valence-corrected chi connectivity index (χ4v) is 2.61. The van der Waals surface area contributed by atoms with Crippen molar-refractivity contribution in [2.75, 3.05) is 5.32 Å². The number of amides is 1. The number of nitrogens with one attached hydrogen (secondary N) is 1. The number of benzene rings is 2. The first kappa shape index (κ1) is 13.9. The zero-order valence-electron chi connectivity index (χ0n) is 11.0. The molecule has 1 amide bonds. The molecule has 0 heterocycles. The van der Waals surface area contributed by atoms with Gasteiger partial charge in [-0.2, -0.15) is 0 Å². The van der Waals surface area contributed by atoms with E-state index in [0.717, 1.165) is 0 Å². The first-order chi connectivity index (χ1) is 10.1. The molecule has 0 bridgehead atoms. The lowest BCUT2D eigenvalue weighted by molar-refractivity contribution is -0.117. The molecular weight excluding hydrogens is 293 g/mol. The molecule has 2 N–H and O–H groups in total. The van der Waals surface area contributed by atoms with Crippen LogP contribution < -0.4 is 5.32 Å². The molecule has 2 aromatic carbocycles. The molecule has 21 heavy (non-hydrogen) atoms. The Hall–Kier alpha value is -2.07. The summed E-state index contributed by atoms with van der Waals surface area (Å²) in [6, 6.07) is 10.9. The number of carbonyl (C=O) groups excluding carboxylic acids is 1. The maximum Gasteiger partial charge on any atom is 0.228 e. The van der Waals surface area contributed by atoms with Crippen molar-refractivity contribution in [2.24, 2.45) is 5.92 Å². The van der Waals surface area contributed by atoms with Crippen LogP contribution in [-0.2, 0) is 4.79 Å². The summed E-state index contributed by atoms with van der Waals surface area (Å²) in [4.78, 5) is 12.1. The van der Waals surface area contributed by atoms with Crippen LogP contribution in [0.4, 0.5) is 10.1 Å². The molecule has 2 unspecified atom stereocenters. The Morgan fingerprint density at radius 3 is 2.81 bits per heavy atom. The molecule has 0 radical (unpaired) electrons. The third kappa shape index (κ3) is 2.85. The van der Waals surface area contributed by atoms with E-state index in [-0.39, 0.29) is 35.0 Å². The highest BCUT2D eigenvalue weighted by Crippen LogP contribution is 2.49. The predicted molar refractivity (Wildman–Crippen MR) is 79.0 cm³/mol. The Bertz CT molecular complexity index is 704. The summed E-state index contributed by atoms with van der Waals surface area (Å²) >= 11 is 5.83. The molecule has 1 aliphatic carbocycles. The number of hydrogen-bond acceptors (Lipinski definition) is 2. The molecule has 3 nitrogen and oxygen atoms in total.